The maximum absolute atomic E-state index is 12.0. The van der Waals surface area contributed by atoms with Crippen molar-refractivity contribution < 1.29 is 14.6 Å². The third-order valence-corrected chi connectivity index (χ3v) is 4.25. The van der Waals surface area contributed by atoms with E-state index in [9.17, 15) is 9.90 Å². The Bertz CT molecular complexity index is 435. The summed E-state index contributed by atoms with van der Waals surface area (Å²) in [6.45, 7) is 5.34. The predicted octanol–water partition coefficient (Wildman–Crippen LogP) is 1.64. The van der Waals surface area contributed by atoms with Gasteiger partial charge in [0.25, 0.3) is 5.91 Å². The lowest BCUT2D eigenvalue weighted by Gasteiger charge is -2.32. The van der Waals surface area contributed by atoms with Crippen LogP contribution in [0.15, 0.2) is 6.07 Å². The summed E-state index contributed by atoms with van der Waals surface area (Å²) >= 11 is 1.61. The van der Waals surface area contributed by atoms with Crippen LogP contribution < -0.4 is 5.32 Å². The zero-order chi connectivity index (χ0) is 13.2. The monoisotopic (exact) mass is 269 g/mol. The second-order valence-corrected chi connectivity index (χ2v) is 6.31. The maximum atomic E-state index is 12.0. The highest BCUT2D eigenvalue weighted by Crippen LogP contribution is 2.22. The molecule has 5 heteroatoms. The molecule has 1 aliphatic rings. The molecule has 2 rings (SSSR count). The van der Waals surface area contributed by atoms with Gasteiger partial charge in [-0.3, -0.25) is 4.79 Å². The molecule has 4 nitrogen and oxygen atoms in total. The van der Waals surface area contributed by atoms with Crippen molar-refractivity contribution in [3.05, 3.63) is 21.4 Å². The average molecular weight is 269 g/mol. The topological polar surface area (TPSA) is 58.6 Å². The molecule has 1 aromatic heterocycles. The average Bonchev–Trinajstić information content (AvgIpc) is 2.67. The molecule has 0 bridgehead atoms. The van der Waals surface area contributed by atoms with Crippen molar-refractivity contribution in [2.45, 2.75) is 32.3 Å². The van der Waals surface area contributed by atoms with Crippen LogP contribution in [0.4, 0.5) is 0 Å². The van der Waals surface area contributed by atoms with Gasteiger partial charge in [-0.1, -0.05) is 0 Å². The van der Waals surface area contributed by atoms with Gasteiger partial charge in [0.2, 0.25) is 0 Å². The highest BCUT2D eigenvalue weighted by molar-refractivity contribution is 7.12. The fourth-order valence-electron chi connectivity index (χ4n) is 2.12. The minimum atomic E-state index is -0.813. The maximum Gasteiger partial charge on any atom is 0.252 e. The number of amides is 1. The molecule has 0 atom stereocenters. The van der Waals surface area contributed by atoms with Crippen LogP contribution in [0, 0.1) is 13.8 Å². The van der Waals surface area contributed by atoms with Gasteiger partial charge in [-0.05, 0) is 19.9 Å². The molecular formula is C13H19NO3S. The zero-order valence-corrected chi connectivity index (χ0v) is 11.6. The third kappa shape index (κ3) is 3.10. The molecule has 1 aromatic rings. The summed E-state index contributed by atoms with van der Waals surface area (Å²) in [6, 6.07) is 1.89. The first-order valence-electron chi connectivity index (χ1n) is 6.15. The summed E-state index contributed by atoms with van der Waals surface area (Å²) in [7, 11) is 0. The van der Waals surface area contributed by atoms with E-state index in [-0.39, 0.29) is 5.91 Å². The van der Waals surface area contributed by atoms with Crippen LogP contribution in [-0.4, -0.2) is 36.4 Å². The van der Waals surface area contributed by atoms with E-state index in [4.69, 9.17) is 4.74 Å². The summed E-state index contributed by atoms with van der Waals surface area (Å²) in [5, 5.41) is 13.1. The fraction of sp³-hybridized carbons (Fsp3) is 0.615. The third-order valence-electron chi connectivity index (χ3n) is 3.29. The second kappa shape index (κ2) is 5.38. The molecule has 100 valence electrons. The van der Waals surface area contributed by atoms with E-state index in [0.29, 0.717) is 38.2 Å². The number of nitrogens with one attached hydrogen (secondary N) is 1. The molecule has 0 saturated carbocycles. The Kier molecular flexibility index (Phi) is 4.04. The molecule has 0 aliphatic carbocycles. The second-order valence-electron chi connectivity index (χ2n) is 4.85. The van der Waals surface area contributed by atoms with Gasteiger partial charge in [0.1, 0.15) is 0 Å². The molecule has 0 aromatic carbocycles. The molecule has 2 heterocycles. The Labute approximate surface area is 111 Å². The predicted molar refractivity (Wildman–Crippen MR) is 71.1 cm³/mol. The van der Waals surface area contributed by atoms with Gasteiger partial charge in [0.15, 0.2) is 0 Å². The molecule has 0 unspecified atom stereocenters. The van der Waals surface area contributed by atoms with Gasteiger partial charge in [0.05, 0.1) is 11.2 Å². The van der Waals surface area contributed by atoms with Gasteiger partial charge in [-0.2, -0.15) is 0 Å². The molecule has 1 saturated heterocycles. The number of hydrogen-bond donors (Lipinski definition) is 2. The molecule has 1 fully saturated rings. The quantitative estimate of drug-likeness (QED) is 0.877. The van der Waals surface area contributed by atoms with Crippen LogP contribution in [0.5, 0.6) is 0 Å². The highest BCUT2D eigenvalue weighted by Gasteiger charge is 2.30. The Morgan fingerprint density at radius 2 is 2.17 bits per heavy atom. The number of rotatable bonds is 3. The molecule has 0 spiro atoms. The van der Waals surface area contributed by atoms with Crippen molar-refractivity contribution in [2.24, 2.45) is 0 Å². The van der Waals surface area contributed by atoms with Crippen molar-refractivity contribution in [1.29, 1.82) is 0 Å². The van der Waals surface area contributed by atoms with E-state index >= 15 is 0 Å². The van der Waals surface area contributed by atoms with Gasteiger partial charge in [0, 0.05) is 42.4 Å². The Morgan fingerprint density at radius 1 is 1.50 bits per heavy atom. The van der Waals surface area contributed by atoms with E-state index < -0.39 is 5.60 Å². The number of hydrogen-bond acceptors (Lipinski definition) is 4. The van der Waals surface area contributed by atoms with Crippen LogP contribution in [0.25, 0.3) is 0 Å². The number of carbonyl (C=O) groups excluding carboxylic acids is 1. The van der Waals surface area contributed by atoms with Gasteiger partial charge in [-0.15, -0.1) is 11.3 Å². The van der Waals surface area contributed by atoms with Crippen LogP contribution in [0.3, 0.4) is 0 Å². The normalized spacial score (nSPS) is 18.6. The fourth-order valence-corrected chi connectivity index (χ4v) is 3.05. The van der Waals surface area contributed by atoms with Crippen LogP contribution in [0.1, 0.15) is 33.0 Å². The lowest BCUT2D eigenvalue weighted by Crippen LogP contribution is -2.46. The van der Waals surface area contributed by atoms with E-state index in [1.54, 1.807) is 11.3 Å². The lowest BCUT2D eigenvalue weighted by molar-refractivity contribution is -0.0605. The number of carbonyl (C=O) groups is 1. The summed E-state index contributed by atoms with van der Waals surface area (Å²) in [5.41, 5.74) is -0.0967. The van der Waals surface area contributed by atoms with Crippen molar-refractivity contribution in [1.82, 2.24) is 5.32 Å². The highest BCUT2D eigenvalue weighted by atomic mass is 32.1. The van der Waals surface area contributed by atoms with Crippen LogP contribution in [0.2, 0.25) is 0 Å². The van der Waals surface area contributed by atoms with Crippen molar-refractivity contribution in [3.63, 3.8) is 0 Å². The smallest absolute Gasteiger partial charge is 0.252 e. The van der Waals surface area contributed by atoms with Crippen molar-refractivity contribution >= 4 is 17.2 Å². The SMILES string of the molecule is Cc1cc(C(=O)NCC2(O)CCOCC2)c(C)s1. The zero-order valence-electron chi connectivity index (χ0n) is 10.8. The summed E-state index contributed by atoms with van der Waals surface area (Å²) in [6.07, 6.45) is 1.16. The Hall–Kier alpha value is -0.910. The minimum absolute atomic E-state index is 0.100. The first kappa shape index (κ1) is 13.5. The molecule has 2 N–H and O–H groups in total. The molecular weight excluding hydrogens is 250 g/mol. The minimum Gasteiger partial charge on any atom is -0.388 e. The molecule has 1 aliphatic heterocycles. The van der Waals surface area contributed by atoms with E-state index in [1.165, 1.54) is 0 Å². The Morgan fingerprint density at radius 3 is 2.72 bits per heavy atom. The van der Waals surface area contributed by atoms with Gasteiger partial charge >= 0.3 is 0 Å². The number of aliphatic hydroxyl groups is 1. The van der Waals surface area contributed by atoms with Crippen molar-refractivity contribution in [2.75, 3.05) is 19.8 Å². The standard InChI is InChI=1S/C13H19NO3S/c1-9-7-11(10(2)18-9)12(15)14-8-13(16)3-5-17-6-4-13/h7,16H,3-6,8H2,1-2H3,(H,14,15). The van der Waals surface area contributed by atoms with Gasteiger partial charge < -0.3 is 15.2 Å². The van der Waals surface area contributed by atoms with Gasteiger partial charge in [-0.25, -0.2) is 0 Å². The first-order valence-corrected chi connectivity index (χ1v) is 6.97. The van der Waals surface area contributed by atoms with E-state index in [2.05, 4.69) is 5.32 Å². The largest absolute Gasteiger partial charge is 0.388 e. The summed E-state index contributed by atoms with van der Waals surface area (Å²) < 4.78 is 5.21. The number of thiophene rings is 1. The molecule has 18 heavy (non-hydrogen) atoms. The first-order chi connectivity index (χ1) is 8.50. The summed E-state index contributed by atoms with van der Waals surface area (Å²) in [4.78, 5) is 14.2. The number of aryl methyl sites for hydroxylation is 2. The van der Waals surface area contributed by atoms with Crippen molar-refractivity contribution in [3.8, 4) is 0 Å². The summed E-state index contributed by atoms with van der Waals surface area (Å²) in [5.74, 6) is -0.100. The van der Waals surface area contributed by atoms with E-state index in [1.807, 2.05) is 19.9 Å². The Balaban J connectivity index is 1.94. The molecule has 0 radical (unpaired) electrons. The lowest BCUT2D eigenvalue weighted by atomic mass is 9.94. The number of ether oxygens (including phenoxy) is 1. The van der Waals surface area contributed by atoms with Crippen LogP contribution in [-0.2, 0) is 4.74 Å². The van der Waals surface area contributed by atoms with Crippen LogP contribution >= 0.6 is 11.3 Å². The molecule has 1 amide bonds. The van der Waals surface area contributed by atoms with E-state index in [0.717, 1.165) is 9.75 Å².